The first-order chi connectivity index (χ1) is 59.9. The molecular weight excluding hydrogens is 2350 g/mol. The minimum atomic E-state index is -0.537. The number of fused-ring (bicyclic) bond motifs is 4. The van der Waals surface area contributed by atoms with Crippen molar-refractivity contribution in [2.24, 2.45) is 23.7 Å². The molecule has 0 aliphatic rings. The van der Waals surface area contributed by atoms with Crippen LogP contribution in [0.2, 0.25) is 0 Å². The quantitative estimate of drug-likeness (QED) is 0.0264. The van der Waals surface area contributed by atoms with E-state index in [0.717, 1.165) is 87.4 Å². The smallest absolute Gasteiger partial charge is 0.0877 e. The molecule has 8 N–H and O–H groups in total. The maximum Gasteiger partial charge on any atom is 0.0877 e. The Morgan fingerprint density at radius 2 is 0.523 bits per heavy atom. The third-order valence-corrected chi connectivity index (χ3v) is 20.6. The van der Waals surface area contributed by atoms with Crippen LogP contribution in [0, 0.1) is 103 Å². The summed E-state index contributed by atoms with van der Waals surface area (Å²) < 4.78 is 0. The Hall–Kier alpha value is -8.00. The summed E-state index contributed by atoms with van der Waals surface area (Å²) in [6.07, 6.45) is 15.9. The molecule has 0 aliphatic heterocycles. The molecule has 4 aromatic heterocycles. The molecule has 4 atom stereocenters. The van der Waals surface area contributed by atoms with Gasteiger partial charge in [-0.1, -0.05) is 239 Å². The van der Waals surface area contributed by atoms with Gasteiger partial charge in [0, 0.05) is 105 Å². The van der Waals surface area contributed by atoms with Crippen LogP contribution < -0.4 is 0 Å². The summed E-state index contributed by atoms with van der Waals surface area (Å²) in [5.41, 5.74) is 29.1. The van der Waals surface area contributed by atoms with Crippen LogP contribution in [0.3, 0.4) is 0 Å². The zero-order chi connectivity index (χ0) is 96.0. The van der Waals surface area contributed by atoms with Crippen LogP contribution in [-0.2, 0) is 106 Å². The first-order valence-electron chi connectivity index (χ1n) is 45.8. The zero-order valence-corrected chi connectivity index (χ0v) is 94.2. The molecule has 8 aromatic carbocycles. The van der Waals surface area contributed by atoms with Crippen LogP contribution in [0.15, 0.2) is 193 Å². The third-order valence-electron chi connectivity index (χ3n) is 20.6. The predicted molar refractivity (Wildman–Crippen MR) is 545 cm³/mol. The molecule has 4 unspecified atom stereocenters. The average Bonchev–Trinajstić information content (AvgIpc) is 0.779. The summed E-state index contributed by atoms with van der Waals surface area (Å²) >= 11 is 0. The number of nitrogens with zero attached hydrogens (tertiary/aromatic N) is 4. The van der Waals surface area contributed by atoms with Gasteiger partial charge in [-0.05, 0) is 263 Å². The molecular formula is C116H152Ir4N4O8-4. The van der Waals surface area contributed by atoms with Crippen LogP contribution in [-0.4, -0.2) is 85.2 Å². The number of hydrogen-bond donors (Lipinski definition) is 8. The van der Waals surface area contributed by atoms with Crippen molar-refractivity contribution in [2.75, 3.05) is 0 Å². The molecule has 724 valence electrons. The molecule has 4 heterocycles. The van der Waals surface area contributed by atoms with Gasteiger partial charge in [-0.25, -0.2) is 0 Å². The Balaban J connectivity index is 0.000000793. The summed E-state index contributed by atoms with van der Waals surface area (Å²) in [6, 6.07) is 59.0. The Labute approximate surface area is 847 Å². The number of aliphatic hydroxyl groups excluding tert-OH is 8. The molecule has 12 nitrogen and oxygen atoms in total. The standard InChI is InChI=1S/2C25H30N.2C23H26N.4C5H10O2.4Ir/c1-16(2)9-20-7-8-23-24(14-20)22(10-17(3)4)15-26-25(23)21-12-18(5)11-19(6)13-21;1-16(2)9-20-7-8-23-22(10-17(3)4)15-26-25(24(23)14-20)21-12-18(5)11-19(6)13-21;1-14(2)18-7-8-20-21(12-18)22(15(3)4)13-24-23(20)19-10-16(5)9-17(6)11-19;1-14(2)18-7-8-20-21(12-18)23(24-13-22(20)15(3)4)19-10-16(5)9-17(6)11-19;4*1-4(6)3-5(2)7;;;;/h2*7-8,11-12,14-17H,9-10H2,1-6H3;2*7-10,12-15H,1-6H3;4*3-4,6-7H,1-2H3;;;;/q4*-1;;;;;;;;. The second-order valence-corrected chi connectivity index (χ2v) is 38.0. The molecule has 0 spiro atoms. The molecule has 0 amide bonds. The number of aliphatic hydroxyl groups is 8. The van der Waals surface area contributed by atoms with Gasteiger partial charge in [0.15, 0.2) is 0 Å². The number of benzene rings is 8. The van der Waals surface area contributed by atoms with Gasteiger partial charge in [0.05, 0.1) is 47.5 Å². The Kier molecular flexibility index (Phi) is 54.6. The van der Waals surface area contributed by atoms with E-state index < -0.39 is 24.4 Å². The molecule has 0 aliphatic carbocycles. The number of aryl methyl sites for hydroxylation is 8. The fourth-order valence-electron chi connectivity index (χ4n) is 15.6. The van der Waals surface area contributed by atoms with Crippen molar-refractivity contribution < 1.29 is 121 Å². The van der Waals surface area contributed by atoms with E-state index in [1.807, 2.05) is 6.20 Å². The van der Waals surface area contributed by atoms with Crippen molar-refractivity contribution in [3.8, 4) is 45.0 Å². The molecule has 4 radical (unpaired) electrons. The van der Waals surface area contributed by atoms with Crippen molar-refractivity contribution in [2.45, 2.75) is 295 Å². The normalized spacial score (nSPS) is 12.4. The van der Waals surface area contributed by atoms with Crippen LogP contribution >= 0.6 is 0 Å². The van der Waals surface area contributed by atoms with Crippen LogP contribution in [0.25, 0.3) is 88.1 Å². The van der Waals surface area contributed by atoms with E-state index in [1.165, 1.54) is 167 Å². The Bertz CT molecular complexity index is 5550. The number of rotatable bonds is 20. The van der Waals surface area contributed by atoms with Gasteiger partial charge in [0.25, 0.3) is 0 Å². The first-order valence-corrected chi connectivity index (χ1v) is 45.8. The fourth-order valence-corrected chi connectivity index (χ4v) is 15.6. The van der Waals surface area contributed by atoms with Gasteiger partial charge in [-0.2, -0.15) is 0 Å². The molecule has 12 aromatic rings. The summed E-state index contributed by atoms with van der Waals surface area (Å²) in [4.78, 5) is 19.4. The van der Waals surface area contributed by atoms with E-state index >= 15 is 0 Å². The molecule has 16 heteroatoms. The number of hydrogen-bond acceptors (Lipinski definition) is 12. The summed E-state index contributed by atoms with van der Waals surface area (Å²) in [5, 5.41) is 78.0. The van der Waals surface area contributed by atoms with E-state index in [2.05, 4.69) is 330 Å². The Morgan fingerprint density at radius 3 is 0.803 bits per heavy atom. The third kappa shape index (κ3) is 41.3. The van der Waals surface area contributed by atoms with Crippen LogP contribution in [0.5, 0.6) is 0 Å². The van der Waals surface area contributed by atoms with E-state index in [4.69, 9.17) is 60.8 Å². The zero-order valence-electron chi connectivity index (χ0n) is 84.6. The fraction of sp³-hybridized carbons (Fsp3) is 0.414. The van der Waals surface area contributed by atoms with Crippen molar-refractivity contribution in [3.05, 3.63) is 307 Å². The van der Waals surface area contributed by atoms with Crippen LogP contribution in [0.1, 0.15) is 279 Å². The van der Waals surface area contributed by atoms with Gasteiger partial charge >= 0.3 is 0 Å². The minimum absolute atomic E-state index is 0. The molecule has 0 fully saturated rings. The van der Waals surface area contributed by atoms with Gasteiger partial charge in [-0.15, -0.1) is 140 Å². The number of aromatic nitrogens is 4. The van der Waals surface area contributed by atoms with E-state index in [9.17, 15) is 0 Å². The largest absolute Gasteiger partial charge is 0.513 e. The number of pyridine rings is 4. The van der Waals surface area contributed by atoms with E-state index in [-0.39, 0.29) is 103 Å². The Morgan fingerprint density at radius 1 is 0.273 bits per heavy atom. The van der Waals surface area contributed by atoms with Crippen molar-refractivity contribution in [3.63, 3.8) is 0 Å². The first kappa shape index (κ1) is 122. The molecule has 0 saturated carbocycles. The molecule has 12 rings (SSSR count). The summed E-state index contributed by atoms with van der Waals surface area (Å²) in [5.74, 6) is 5.15. The minimum Gasteiger partial charge on any atom is -0.513 e. The SMILES string of the molecule is CC(O)=CC(C)O.CC(O)=CC(C)O.CC(O)=CC(C)O.CC(O)=CC(C)O.Cc1[c-]c(-c2ncc(C(C)C)c3cc(C(C)C)ccc23)cc(C)c1.Cc1[c-]c(-c2ncc(C(C)C)c3ccc(C(C)C)cc23)cc(C)c1.Cc1[c-]c(-c2ncc(CC(C)C)c3cc(CC(C)C)ccc23)cc(C)c1.Cc1[c-]c(-c2ncc(CC(C)C)c3ccc(CC(C)C)cc23)cc(C)c1.[Ir].[Ir].[Ir].[Ir]. The van der Waals surface area contributed by atoms with Gasteiger partial charge in [0.2, 0.25) is 0 Å². The monoisotopic (exact) mass is 2500 g/mol. The topological polar surface area (TPSA) is 213 Å². The average molecular weight is 2500 g/mol. The summed E-state index contributed by atoms with van der Waals surface area (Å²) in [7, 11) is 0. The second-order valence-electron chi connectivity index (χ2n) is 38.0. The van der Waals surface area contributed by atoms with Gasteiger partial charge in [-0.3, -0.25) is 0 Å². The van der Waals surface area contributed by atoms with Crippen molar-refractivity contribution >= 4 is 43.1 Å². The second kappa shape index (κ2) is 59.1. The van der Waals surface area contributed by atoms with E-state index in [1.54, 1.807) is 27.7 Å². The van der Waals surface area contributed by atoms with Gasteiger partial charge in [0.1, 0.15) is 0 Å². The van der Waals surface area contributed by atoms with Crippen LogP contribution in [0.4, 0.5) is 0 Å². The molecule has 132 heavy (non-hydrogen) atoms. The number of allylic oxidation sites excluding steroid dienone is 4. The van der Waals surface area contributed by atoms with E-state index in [0.29, 0.717) is 47.3 Å². The van der Waals surface area contributed by atoms with Crippen molar-refractivity contribution in [1.29, 1.82) is 0 Å². The molecule has 0 bridgehead atoms. The van der Waals surface area contributed by atoms with Gasteiger partial charge < -0.3 is 60.8 Å². The maximum absolute atomic E-state index is 8.49. The predicted octanol–water partition coefficient (Wildman–Crippen LogP) is 29.9. The summed E-state index contributed by atoms with van der Waals surface area (Å²) in [6.45, 7) is 65.5. The maximum atomic E-state index is 8.49. The van der Waals surface area contributed by atoms with Crippen molar-refractivity contribution in [1.82, 2.24) is 19.9 Å². The molecule has 0 saturated heterocycles.